The summed E-state index contributed by atoms with van der Waals surface area (Å²) in [4.78, 5) is 12.1. The van der Waals surface area contributed by atoms with Gasteiger partial charge in [-0.25, -0.2) is 8.42 Å². The number of benzene rings is 1. The maximum absolute atomic E-state index is 12.1. The highest BCUT2D eigenvalue weighted by Gasteiger charge is 2.11. The summed E-state index contributed by atoms with van der Waals surface area (Å²) in [5.41, 5.74) is 2.05. The Bertz CT molecular complexity index is 780. The molecule has 2 aromatic rings. The molecule has 0 spiro atoms. The SMILES string of the molecule is Cc1ccc(C(=O)Nc2cnn(C)c2)cc1NS(C)(=O)=O. The molecule has 1 amide bonds. The van der Waals surface area contributed by atoms with Crippen molar-refractivity contribution < 1.29 is 13.2 Å². The first kappa shape index (κ1) is 15.0. The molecule has 0 unspecified atom stereocenters. The first-order valence-corrected chi connectivity index (χ1v) is 8.02. The summed E-state index contributed by atoms with van der Waals surface area (Å²) in [6.07, 6.45) is 4.26. The Labute approximate surface area is 123 Å². The van der Waals surface area contributed by atoms with Crippen molar-refractivity contribution in [2.75, 3.05) is 16.3 Å². The predicted molar refractivity (Wildman–Crippen MR) is 80.8 cm³/mol. The molecular weight excluding hydrogens is 292 g/mol. The van der Waals surface area contributed by atoms with E-state index in [1.807, 2.05) is 0 Å². The molecular formula is C13H16N4O3S. The Morgan fingerprint density at radius 1 is 1.33 bits per heavy atom. The van der Waals surface area contributed by atoms with Gasteiger partial charge in [0.25, 0.3) is 5.91 Å². The molecule has 0 saturated carbocycles. The molecule has 0 saturated heterocycles. The fourth-order valence-corrected chi connectivity index (χ4v) is 2.38. The number of carbonyl (C=O) groups excluding carboxylic acids is 1. The molecule has 0 aliphatic rings. The van der Waals surface area contributed by atoms with Gasteiger partial charge in [0, 0.05) is 18.8 Å². The second-order valence-electron chi connectivity index (χ2n) is 4.76. The number of hydrogen-bond acceptors (Lipinski definition) is 4. The third-order valence-electron chi connectivity index (χ3n) is 2.76. The van der Waals surface area contributed by atoms with Gasteiger partial charge in [0.15, 0.2) is 0 Å². The zero-order valence-electron chi connectivity index (χ0n) is 11.9. The van der Waals surface area contributed by atoms with E-state index in [4.69, 9.17) is 0 Å². The Balaban J connectivity index is 2.23. The summed E-state index contributed by atoms with van der Waals surface area (Å²) in [5.74, 6) is -0.334. The Kier molecular flexibility index (Phi) is 3.99. The molecule has 1 aromatic carbocycles. The smallest absolute Gasteiger partial charge is 0.255 e. The van der Waals surface area contributed by atoms with Crippen molar-refractivity contribution in [1.82, 2.24) is 9.78 Å². The molecule has 2 N–H and O–H groups in total. The summed E-state index contributed by atoms with van der Waals surface area (Å²) >= 11 is 0. The minimum atomic E-state index is -3.39. The van der Waals surface area contributed by atoms with Crippen LogP contribution in [-0.2, 0) is 17.1 Å². The zero-order chi connectivity index (χ0) is 15.6. The minimum absolute atomic E-state index is 0.334. The average molecular weight is 308 g/mol. The molecule has 0 atom stereocenters. The molecule has 0 aliphatic heterocycles. The van der Waals surface area contributed by atoms with E-state index in [9.17, 15) is 13.2 Å². The van der Waals surface area contributed by atoms with Crippen molar-refractivity contribution in [3.05, 3.63) is 41.7 Å². The molecule has 1 aromatic heterocycles. The van der Waals surface area contributed by atoms with E-state index in [0.717, 1.165) is 11.8 Å². The summed E-state index contributed by atoms with van der Waals surface area (Å²) < 4.78 is 26.6. The van der Waals surface area contributed by atoms with Gasteiger partial charge >= 0.3 is 0 Å². The highest BCUT2D eigenvalue weighted by molar-refractivity contribution is 7.92. The van der Waals surface area contributed by atoms with Crippen LogP contribution in [0.4, 0.5) is 11.4 Å². The number of hydrogen-bond donors (Lipinski definition) is 2. The van der Waals surface area contributed by atoms with Gasteiger partial charge in [0.05, 0.1) is 23.8 Å². The normalized spacial score (nSPS) is 11.2. The van der Waals surface area contributed by atoms with E-state index in [1.165, 1.54) is 12.3 Å². The zero-order valence-corrected chi connectivity index (χ0v) is 12.7. The second kappa shape index (κ2) is 5.57. The lowest BCUT2D eigenvalue weighted by Gasteiger charge is -2.10. The van der Waals surface area contributed by atoms with Crippen LogP contribution in [0.5, 0.6) is 0 Å². The number of nitrogens with zero attached hydrogens (tertiary/aromatic N) is 2. The maximum Gasteiger partial charge on any atom is 0.255 e. The van der Waals surface area contributed by atoms with Gasteiger partial charge < -0.3 is 5.32 Å². The largest absolute Gasteiger partial charge is 0.319 e. The van der Waals surface area contributed by atoms with Crippen LogP contribution in [0.2, 0.25) is 0 Å². The quantitative estimate of drug-likeness (QED) is 0.891. The summed E-state index contributed by atoms with van der Waals surface area (Å²) in [6, 6.07) is 4.82. The Morgan fingerprint density at radius 2 is 2.05 bits per heavy atom. The van der Waals surface area contributed by atoms with Gasteiger partial charge in [0.1, 0.15) is 0 Å². The molecule has 2 rings (SSSR count). The topological polar surface area (TPSA) is 93.1 Å². The molecule has 0 bridgehead atoms. The number of aromatic nitrogens is 2. The summed E-state index contributed by atoms with van der Waals surface area (Å²) in [7, 11) is -1.65. The number of nitrogens with one attached hydrogen (secondary N) is 2. The Morgan fingerprint density at radius 3 is 2.62 bits per heavy atom. The van der Waals surface area contributed by atoms with Crippen LogP contribution in [0.25, 0.3) is 0 Å². The number of rotatable bonds is 4. The fraction of sp³-hybridized carbons (Fsp3) is 0.231. The highest BCUT2D eigenvalue weighted by Crippen LogP contribution is 2.19. The number of carbonyl (C=O) groups is 1. The van der Waals surface area contributed by atoms with Crippen molar-refractivity contribution in [2.24, 2.45) is 7.05 Å². The number of amides is 1. The number of sulfonamides is 1. The van der Waals surface area contributed by atoms with Crippen molar-refractivity contribution >= 4 is 27.3 Å². The van der Waals surface area contributed by atoms with E-state index < -0.39 is 10.0 Å². The van der Waals surface area contributed by atoms with E-state index in [-0.39, 0.29) is 5.91 Å². The van der Waals surface area contributed by atoms with Crippen LogP contribution in [0, 0.1) is 6.92 Å². The molecule has 0 fully saturated rings. The van der Waals surface area contributed by atoms with E-state index in [0.29, 0.717) is 16.9 Å². The summed E-state index contributed by atoms with van der Waals surface area (Å²) in [6.45, 7) is 1.76. The molecule has 0 radical (unpaired) electrons. The van der Waals surface area contributed by atoms with Crippen molar-refractivity contribution in [1.29, 1.82) is 0 Å². The lowest BCUT2D eigenvalue weighted by molar-refractivity contribution is 0.102. The van der Waals surface area contributed by atoms with Crippen molar-refractivity contribution in [2.45, 2.75) is 6.92 Å². The lowest BCUT2D eigenvalue weighted by atomic mass is 10.1. The van der Waals surface area contributed by atoms with E-state index in [2.05, 4.69) is 15.1 Å². The lowest BCUT2D eigenvalue weighted by Crippen LogP contribution is -2.14. The van der Waals surface area contributed by atoms with Gasteiger partial charge in [0.2, 0.25) is 10.0 Å². The van der Waals surface area contributed by atoms with Crippen LogP contribution >= 0.6 is 0 Å². The van der Waals surface area contributed by atoms with Crippen LogP contribution in [-0.4, -0.2) is 30.4 Å². The fourth-order valence-electron chi connectivity index (χ4n) is 1.76. The van der Waals surface area contributed by atoms with Crippen molar-refractivity contribution in [3.63, 3.8) is 0 Å². The summed E-state index contributed by atoms with van der Waals surface area (Å²) in [5, 5.41) is 6.64. The average Bonchev–Trinajstić information content (AvgIpc) is 2.75. The van der Waals surface area contributed by atoms with Crippen molar-refractivity contribution in [3.8, 4) is 0 Å². The van der Waals surface area contributed by atoms with Gasteiger partial charge in [-0.1, -0.05) is 6.07 Å². The van der Waals surface area contributed by atoms with Gasteiger partial charge in [-0.2, -0.15) is 5.10 Å². The van der Waals surface area contributed by atoms with Crippen LogP contribution in [0.3, 0.4) is 0 Å². The minimum Gasteiger partial charge on any atom is -0.319 e. The first-order chi connectivity index (χ1) is 9.74. The number of anilines is 2. The van der Waals surface area contributed by atoms with Gasteiger partial charge in [-0.3, -0.25) is 14.2 Å². The predicted octanol–water partition coefficient (Wildman–Crippen LogP) is 1.35. The molecule has 8 heteroatoms. The Hall–Kier alpha value is -2.35. The van der Waals surface area contributed by atoms with E-state index in [1.54, 1.807) is 37.0 Å². The van der Waals surface area contributed by atoms with Gasteiger partial charge in [-0.15, -0.1) is 0 Å². The third-order valence-corrected chi connectivity index (χ3v) is 3.35. The molecule has 112 valence electrons. The van der Waals surface area contributed by atoms with Crippen LogP contribution in [0.1, 0.15) is 15.9 Å². The first-order valence-electron chi connectivity index (χ1n) is 6.13. The van der Waals surface area contributed by atoms with Crippen LogP contribution in [0.15, 0.2) is 30.6 Å². The van der Waals surface area contributed by atoms with Crippen LogP contribution < -0.4 is 10.0 Å². The molecule has 1 heterocycles. The van der Waals surface area contributed by atoms with E-state index >= 15 is 0 Å². The monoisotopic (exact) mass is 308 g/mol. The standard InChI is InChI=1S/C13H16N4O3S/c1-9-4-5-10(6-12(9)16-21(3,19)20)13(18)15-11-7-14-17(2)8-11/h4-8,16H,1-3H3,(H,15,18). The third kappa shape index (κ3) is 4.06. The van der Waals surface area contributed by atoms with Gasteiger partial charge in [-0.05, 0) is 24.6 Å². The molecule has 0 aliphatic carbocycles. The highest BCUT2D eigenvalue weighted by atomic mass is 32.2. The molecule has 21 heavy (non-hydrogen) atoms. The maximum atomic E-state index is 12.1. The number of aryl methyl sites for hydroxylation is 2. The molecule has 7 nitrogen and oxygen atoms in total. The second-order valence-corrected chi connectivity index (χ2v) is 6.51.